The van der Waals surface area contributed by atoms with Crippen molar-refractivity contribution in [3.05, 3.63) is 18.2 Å². The van der Waals surface area contributed by atoms with Crippen LogP contribution < -0.4 is 5.32 Å². The fourth-order valence-corrected chi connectivity index (χ4v) is 2.28. The maximum absolute atomic E-state index is 13.1. The number of nitrogens with one attached hydrogen (secondary N) is 1. The van der Waals surface area contributed by atoms with Gasteiger partial charge in [-0.15, -0.1) is 0 Å². The topological polar surface area (TPSA) is 50.2 Å². The lowest BCUT2D eigenvalue weighted by atomic mass is 10.1. The number of rotatable bonds is 4. The molecule has 10 heteroatoms. The second-order valence-electron chi connectivity index (χ2n) is 5.27. The van der Waals surface area contributed by atoms with E-state index in [9.17, 15) is 26.7 Å². The monoisotopic (exact) mass is 326 g/mol. The SMILES string of the molecule is CN(Cc1nccn1CC(F)(F)F)C(=O)C1CC(F)(F)CN1. The van der Waals surface area contributed by atoms with Crippen LogP contribution in [0, 0.1) is 0 Å². The lowest BCUT2D eigenvalue weighted by Gasteiger charge is -2.21. The summed E-state index contributed by atoms with van der Waals surface area (Å²) in [6, 6.07) is -1.04. The summed E-state index contributed by atoms with van der Waals surface area (Å²) in [5.41, 5.74) is 0. The molecule has 1 amide bonds. The number of imidazole rings is 1. The maximum atomic E-state index is 13.1. The first kappa shape index (κ1) is 16.7. The van der Waals surface area contributed by atoms with E-state index in [1.807, 2.05) is 0 Å². The number of carbonyl (C=O) groups is 1. The van der Waals surface area contributed by atoms with Crippen molar-refractivity contribution in [2.75, 3.05) is 13.6 Å². The lowest BCUT2D eigenvalue weighted by Crippen LogP contribution is -2.41. The summed E-state index contributed by atoms with van der Waals surface area (Å²) in [4.78, 5) is 16.9. The number of aromatic nitrogens is 2. The third-order valence-corrected chi connectivity index (χ3v) is 3.31. The average Bonchev–Trinajstić information content (AvgIpc) is 2.93. The van der Waals surface area contributed by atoms with E-state index in [0.29, 0.717) is 0 Å². The van der Waals surface area contributed by atoms with Gasteiger partial charge in [-0.3, -0.25) is 10.1 Å². The van der Waals surface area contributed by atoms with Gasteiger partial charge in [0.1, 0.15) is 12.4 Å². The molecule has 2 rings (SSSR count). The van der Waals surface area contributed by atoms with E-state index in [1.54, 1.807) is 0 Å². The summed E-state index contributed by atoms with van der Waals surface area (Å²) in [7, 11) is 1.34. The highest BCUT2D eigenvalue weighted by molar-refractivity contribution is 5.82. The van der Waals surface area contributed by atoms with Crippen molar-refractivity contribution in [3.8, 4) is 0 Å². The van der Waals surface area contributed by atoms with Gasteiger partial charge < -0.3 is 9.47 Å². The third kappa shape index (κ3) is 4.15. The Bertz CT molecular complexity index is 542. The fourth-order valence-electron chi connectivity index (χ4n) is 2.28. The van der Waals surface area contributed by atoms with E-state index in [0.717, 1.165) is 15.7 Å². The fraction of sp³-hybridized carbons (Fsp3) is 0.667. The molecule has 0 bridgehead atoms. The van der Waals surface area contributed by atoms with E-state index in [4.69, 9.17) is 0 Å². The van der Waals surface area contributed by atoms with Crippen molar-refractivity contribution in [2.45, 2.75) is 37.7 Å². The molecule has 0 aromatic carbocycles. The normalized spacial score (nSPS) is 21.1. The quantitative estimate of drug-likeness (QED) is 0.851. The molecule has 5 nitrogen and oxygen atoms in total. The molecule has 124 valence electrons. The summed E-state index contributed by atoms with van der Waals surface area (Å²) in [6.45, 7) is -1.99. The molecular formula is C12H15F5N4O. The van der Waals surface area contributed by atoms with Gasteiger partial charge in [-0.05, 0) is 0 Å². The molecule has 1 saturated heterocycles. The summed E-state index contributed by atoms with van der Waals surface area (Å²) >= 11 is 0. The lowest BCUT2D eigenvalue weighted by molar-refractivity contribution is -0.141. The predicted molar refractivity (Wildman–Crippen MR) is 66.1 cm³/mol. The largest absolute Gasteiger partial charge is 0.406 e. The van der Waals surface area contributed by atoms with E-state index in [1.165, 1.54) is 13.2 Å². The number of carbonyl (C=O) groups excluding carboxylic acids is 1. The molecule has 1 aliphatic heterocycles. The van der Waals surface area contributed by atoms with Gasteiger partial charge >= 0.3 is 6.18 Å². The summed E-state index contributed by atoms with van der Waals surface area (Å²) in [5.74, 6) is -3.51. The minimum absolute atomic E-state index is 0.0398. The molecule has 1 N–H and O–H groups in total. The van der Waals surface area contributed by atoms with Gasteiger partial charge in [-0.1, -0.05) is 0 Å². The van der Waals surface area contributed by atoms with Crippen molar-refractivity contribution in [1.82, 2.24) is 19.8 Å². The van der Waals surface area contributed by atoms with Gasteiger partial charge in [0.05, 0.1) is 19.1 Å². The average molecular weight is 326 g/mol. The van der Waals surface area contributed by atoms with Gasteiger partial charge in [0.2, 0.25) is 5.91 Å². The number of likely N-dealkylation sites (N-methyl/N-ethyl adjacent to an activating group) is 1. The van der Waals surface area contributed by atoms with Crippen LogP contribution in [-0.2, 0) is 17.9 Å². The van der Waals surface area contributed by atoms with Crippen molar-refractivity contribution >= 4 is 5.91 Å². The molecule has 0 aliphatic carbocycles. The number of hydrogen-bond acceptors (Lipinski definition) is 3. The zero-order valence-electron chi connectivity index (χ0n) is 11.7. The Balaban J connectivity index is 1.99. The molecule has 1 unspecified atom stereocenters. The van der Waals surface area contributed by atoms with E-state index < -0.39 is 43.6 Å². The van der Waals surface area contributed by atoms with Crippen LogP contribution in [0.5, 0.6) is 0 Å². The zero-order chi connectivity index (χ0) is 16.5. The Hall–Kier alpha value is -1.71. The van der Waals surface area contributed by atoms with E-state index in [2.05, 4.69) is 10.3 Å². The summed E-state index contributed by atoms with van der Waals surface area (Å²) in [5, 5.41) is 2.41. The first-order valence-corrected chi connectivity index (χ1v) is 6.50. The van der Waals surface area contributed by atoms with Gasteiger partial charge in [0.15, 0.2) is 0 Å². The van der Waals surface area contributed by atoms with Crippen LogP contribution in [0.15, 0.2) is 12.4 Å². The molecule has 0 saturated carbocycles. The highest BCUT2D eigenvalue weighted by atomic mass is 19.4. The highest BCUT2D eigenvalue weighted by Gasteiger charge is 2.43. The molecular weight excluding hydrogens is 311 g/mol. The Labute approximate surface area is 123 Å². The van der Waals surface area contributed by atoms with Gasteiger partial charge in [0.25, 0.3) is 5.92 Å². The number of nitrogens with zero attached hydrogens (tertiary/aromatic N) is 3. The summed E-state index contributed by atoms with van der Waals surface area (Å²) < 4.78 is 64.2. The van der Waals surface area contributed by atoms with Crippen molar-refractivity contribution < 1.29 is 26.7 Å². The second-order valence-corrected chi connectivity index (χ2v) is 5.27. The Morgan fingerprint density at radius 3 is 2.77 bits per heavy atom. The number of amides is 1. The molecule has 0 radical (unpaired) electrons. The first-order chi connectivity index (χ1) is 10.1. The minimum Gasteiger partial charge on any atom is -0.337 e. The molecule has 22 heavy (non-hydrogen) atoms. The first-order valence-electron chi connectivity index (χ1n) is 6.50. The Kier molecular flexibility index (Phi) is 4.41. The molecule has 1 aliphatic rings. The number of alkyl halides is 5. The van der Waals surface area contributed by atoms with Crippen LogP contribution in [-0.4, -0.2) is 52.1 Å². The van der Waals surface area contributed by atoms with Gasteiger partial charge in [-0.2, -0.15) is 13.2 Å². The van der Waals surface area contributed by atoms with Crippen LogP contribution in [0.3, 0.4) is 0 Å². The molecule has 1 atom stereocenters. The number of halogens is 5. The van der Waals surface area contributed by atoms with E-state index in [-0.39, 0.29) is 12.4 Å². The van der Waals surface area contributed by atoms with Crippen molar-refractivity contribution in [1.29, 1.82) is 0 Å². The number of hydrogen-bond donors (Lipinski definition) is 1. The molecule has 1 fully saturated rings. The van der Waals surface area contributed by atoms with Gasteiger partial charge in [-0.25, -0.2) is 13.8 Å². The van der Waals surface area contributed by atoms with Crippen LogP contribution in [0.2, 0.25) is 0 Å². The summed E-state index contributed by atoms with van der Waals surface area (Å²) in [6.07, 6.45) is -2.68. The Morgan fingerprint density at radius 1 is 1.55 bits per heavy atom. The standard InChI is InChI=1S/C12H15F5N4O/c1-20(10(22)8-4-11(13,14)6-19-8)5-9-18-2-3-21(9)7-12(15,16)17/h2-3,8,19H,4-7H2,1H3. The highest BCUT2D eigenvalue weighted by Crippen LogP contribution is 2.26. The van der Waals surface area contributed by atoms with Crippen molar-refractivity contribution in [3.63, 3.8) is 0 Å². The molecule has 0 spiro atoms. The van der Waals surface area contributed by atoms with Gasteiger partial charge in [0, 0.05) is 25.9 Å². The van der Waals surface area contributed by atoms with Crippen LogP contribution in [0.1, 0.15) is 12.2 Å². The molecule has 1 aromatic rings. The van der Waals surface area contributed by atoms with Crippen LogP contribution >= 0.6 is 0 Å². The van der Waals surface area contributed by atoms with Crippen LogP contribution in [0.4, 0.5) is 22.0 Å². The molecule has 2 heterocycles. The molecule has 1 aromatic heterocycles. The van der Waals surface area contributed by atoms with E-state index >= 15 is 0 Å². The van der Waals surface area contributed by atoms with Crippen molar-refractivity contribution in [2.24, 2.45) is 0 Å². The zero-order valence-corrected chi connectivity index (χ0v) is 11.7. The second kappa shape index (κ2) is 5.82. The maximum Gasteiger partial charge on any atom is 0.406 e. The smallest absolute Gasteiger partial charge is 0.337 e. The Morgan fingerprint density at radius 2 is 2.23 bits per heavy atom. The third-order valence-electron chi connectivity index (χ3n) is 3.31. The predicted octanol–water partition coefficient (Wildman–Crippen LogP) is 1.40. The minimum atomic E-state index is -4.41. The van der Waals surface area contributed by atoms with Crippen LogP contribution in [0.25, 0.3) is 0 Å².